The third-order valence-electron chi connectivity index (χ3n) is 2.37. The van der Waals surface area contributed by atoms with Crippen LogP contribution in [0, 0.1) is 12.3 Å². The van der Waals surface area contributed by atoms with E-state index in [1.807, 2.05) is 0 Å². The molecule has 0 bridgehead atoms. The molecule has 1 rings (SSSR count). The van der Waals surface area contributed by atoms with Crippen molar-refractivity contribution in [3.05, 3.63) is 34.9 Å². The van der Waals surface area contributed by atoms with Gasteiger partial charge in [-0.05, 0) is 35.4 Å². The van der Waals surface area contributed by atoms with Crippen molar-refractivity contribution in [1.82, 2.24) is 0 Å². The van der Waals surface area contributed by atoms with Gasteiger partial charge in [-0.15, -0.1) is 0 Å². The van der Waals surface area contributed by atoms with Crippen molar-refractivity contribution in [2.75, 3.05) is 0 Å². The Morgan fingerprint density at radius 2 is 1.86 bits per heavy atom. The van der Waals surface area contributed by atoms with Crippen molar-refractivity contribution >= 4 is 0 Å². The van der Waals surface area contributed by atoms with Gasteiger partial charge in [0.05, 0.1) is 0 Å². The van der Waals surface area contributed by atoms with Crippen molar-refractivity contribution in [1.29, 1.82) is 0 Å². The van der Waals surface area contributed by atoms with Gasteiger partial charge in [-0.3, -0.25) is 0 Å². The maximum absolute atomic E-state index is 5.68. The largest absolute Gasteiger partial charge is 0.326 e. The smallest absolute Gasteiger partial charge is 0.0180 e. The van der Waals surface area contributed by atoms with Crippen molar-refractivity contribution in [3.8, 4) is 0 Å². The second-order valence-corrected chi connectivity index (χ2v) is 5.20. The Morgan fingerprint density at radius 1 is 1.21 bits per heavy atom. The van der Waals surface area contributed by atoms with Gasteiger partial charge in [-0.1, -0.05) is 39.0 Å². The molecule has 0 spiro atoms. The average Bonchev–Trinajstić information content (AvgIpc) is 2.06. The maximum Gasteiger partial charge on any atom is 0.0180 e. The van der Waals surface area contributed by atoms with Gasteiger partial charge in [0.15, 0.2) is 0 Å². The van der Waals surface area contributed by atoms with Crippen LogP contribution in [0.1, 0.15) is 37.5 Å². The summed E-state index contributed by atoms with van der Waals surface area (Å²) in [4.78, 5) is 0. The zero-order chi connectivity index (χ0) is 10.8. The van der Waals surface area contributed by atoms with Crippen LogP contribution in [-0.4, -0.2) is 0 Å². The van der Waals surface area contributed by atoms with Crippen LogP contribution in [0.4, 0.5) is 0 Å². The maximum atomic E-state index is 5.68. The van der Waals surface area contributed by atoms with Crippen molar-refractivity contribution in [2.24, 2.45) is 11.1 Å². The summed E-state index contributed by atoms with van der Waals surface area (Å²) in [5, 5.41) is 0. The number of hydrogen-bond donors (Lipinski definition) is 1. The molecule has 0 aliphatic heterocycles. The predicted molar refractivity (Wildman–Crippen MR) is 62.2 cm³/mol. The molecule has 0 radical (unpaired) electrons. The molecular weight excluding hydrogens is 170 g/mol. The summed E-state index contributed by atoms with van der Waals surface area (Å²) in [6.45, 7) is 9.53. The molecule has 0 unspecified atom stereocenters. The first-order valence-electron chi connectivity index (χ1n) is 5.21. The van der Waals surface area contributed by atoms with Crippen LogP contribution >= 0.6 is 0 Å². The molecule has 2 N–H and O–H groups in total. The fraction of sp³-hybridized carbons (Fsp3) is 0.538. The van der Waals surface area contributed by atoms with Gasteiger partial charge in [-0.25, -0.2) is 0 Å². The lowest BCUT2D eigenvalue weighted by atomic mass is 9.87. The molecule has 0 atom stereocenters. The molecule has 1 nitrogen and oxygen atoms in total. The van der Waals surface area contributed by atoms with Crippen LogP contribution in [0.2, 0.25) is 0 Å². The van der Waals surface area contributed by atoms with E-state index in [2.05, 4.69) is 45.9 Å². The first kappa shape index (κ1) is 11.3. The molecule has 14 heavy (non-hydrogen) atoms. The Morgan fingerprint density at radius 3 is 2.36 bits per heavy atom. The quantitative estimate of drug-likeness (QED) is 0.764. The molecule has 0 aromatic heterocycles. The Balaban J connectivity index is 2.90. The summed E-state index contributed by atoms with van der Waals surface area (Å²) < 4.78 is 0. The van der Waals surface area contributed by atoms with Crippen LogP contribution in [-0.2, 0) is 13.0 Å². The minimum Gasteiger partial charge on any atom is -0.326 e. The number of benzene rings is 1. The third kappa shape index (κ3) is 3.15. The van der Waals surface area contributed by atoms with Crippen LogP contribution in [0.3, 0.4) is 0 Å². The first-order valence-corrected chi connectivity index (χ1v) is 5.21. The Bertz CT molecular complexity index is 308. The second kappa shape index (κ2) is 4.14. The van der Waals surface area contributed by atoms with Gasteiger partial charge in [-0.2, -0.15) is 0 Å². The van der Waals surface area contributed by atoms with Gasteiger partial charge in [0.1, 0.15) is 0 Å². The van der Waals surface area contributed by atoms with E-state index in [0.29, 0.717) is 12.0 Å². The molecule has 0 amide bonds. The zero-order valence-electron chi connectivity index (χ0n) is 9.72. The summed E-state index contributed by atoms with van der Waals surface area (Å²) >= 11 is 0. The van der Waals surface area contributed by atoms with E-state index in [-0.39, 0.29) is 0 Å². The summed E-state index contributed by atoms with van der Waals surface area (Å²) in [7, 11) is 0. The number of rotatable bonds is 2. The van der Waals surface area contributed by atoms with Crippen LogP contribution in [0.25, 0.3) is 0 Å². The van der Waals surface area contributed by atoms with Crippen molar-refractivity contribution in [3.63, 3.8) is 0 Å². The molecule has 1 heteroatoms. The normalized spacial score (nSPS) is 11.8. The minimum absolute atomic E-state index is 0.348. The third-order valence-corrected chi connectivity index (χ3v) is 2.37. The molecule has 1 aromatic carbocycles. The highest BCUT2D eigenvalue weighted by Crippen LogP contribution is 2.22. The Labute approximate surface area is 87.3 Å². The summed E-state index contributed by atoms with van der Waals surface area (Å²) in [5.74, 6) is 0. The molecule has 0 aliphatic carbocycles. The summed E-state index contributed by atoms with van der Waals surface area (Å²) in [5.41, 5.74) is 9.99. The highest BCUT2D eigenvalue weighted by atomic mass is 14.5. The molecule has 0 saturated heterocycles. The SMILES string of the molecule is Cc1ccc(CC(C)(C)C)cc1CN. The van der Waals surface area contributed by atoms with Gasteiger partial charge < -0.3 is 5.73 Å². The topological polar surface area (TPSA) is 26.0 Å². The number of hydrogen-bond acceptors (Lipinski definition) is 1. The zero-order valence-corrected chi connectivity index (χ0v) is 9.72. The first-order chi connectivity index (χ1) is 6.42. The Hall–Kier alpha value is -0.820. The van der Waals surface area contributed by atoms with E-state index in [1.165, 1.54) is 16.7 Å². The summed E-state index contributed by atoms with van der Waals surface area (Å²) in [6.07, 6.45) is 1.11. The lowest BCUT2D eigenvalue weighted by Gasteiger charge is -2.19. The number of aryl methyl sites for hydroxylation is 1. The molecular formula is C13H21N. The lowest BCUT2D eigenvalue weighted by Crippen LogP contribution is -2.10. The van der Waals surface area contributed by atoms with Crippen LogP contribution < -0.4 is 5.73 Å². The standard InChI is InChI=1S/C13H21N/c1-10-5-6-11(7-12(10)9-14)8-13(2,3)4/h5-7H,8-9,14H2,1-4H3. The molecule has 1 aromatic rings. The van der Waals surface area contributed by atoms with Gasteiger partial charge in [0.2, 0.25) is 0 Å². The molecule has 0 aliphatic rings. The average molecular weight is 191 g/mol. The Kier molecular flexibility index (Phi) is 3.33. The van der Waals surface area contributed by atoms with E-state index in [1.54, 1.807) is 0 Å². The monoisotopic (exact) mass is 191 g/mol. The van der Waals surface area contributed by atoms with Crippen molar-refractivity contribution in [2.45, 2.75) is 40.7 Å². The molecule has 0 fully saturated rings. The molecule has 78 valence electrons. The van der Waals surface area contributed by atoms with E-state index in [0.717, 1.165) is 6.42 Å². The van der Waals surface area contributed by atoms with E-state index >= 15 is 0 Å². The van der Waals surface area contributed by atoms with Crippen LogP contribution in [0.5, 0.6) is 0 Å². The predicted octanol–water partition coefficient (Wildman–Crippen LogP) is 3.04. The second-order valence-electron chi connectivity index (χ2n) is 5.20. The molecule has 0 saturated carbocycles. The number of nitrogens with two attached hydrogens (primary N) is 1. The minimum atomic E-state index is 0.348. The fourth-order valence-electron chi connectivity index (χ4n) is 1.67. The van der Waals surface area contributed by atoms with Gasteiger partial charge >= 0.3 is 0 Å². The van der Waals surface area contributed by atoms with Crippen LogP contribution in [0.15, 0.2) is 18.2 Å². The van der Waals surface area contributed by atoms with E-state index in [9.17, 15) is 0 Å². The summed E-state index contributed by atoms with van der Waals surface area (Å²) in [6, 6.07) is 6.61. The highest BCUT2D eigenvalue weighted by Gasteiger charge is 2.11. The van der Waals surface area contributed by atoms with E-state index in [4.69, 9.17) is 5.73 Å². The lowest BCUT2D eigenvalue weighted by molar-refractivity contribution is 0.411. The fourth-order valence-corrected chi connectivity index (χ4v) is 1.67. The van der Waals surface area contributed by atoms with Gasteiger partial charge in [0.25, 0.3) is 0 Å². The van der Waals surface area contributed by atoms with E-state index < -0.39 is 0 Å². The van der Waals surface area contributed by atoms with Gasteiger partial charge in [0, 0.05) is 6.54 Å². The van der Waals surface area contributed by atoms with Crippen molar-refractivity contribution < 1.29 is 0 Å². The molecule has 0 heterocycles. The highest BCUT2D eigenvalue weighted by molar-refractivity contribution is 5.31.